The highest BCUT2D eigenvalue weighted by Crippen LogP contribution is 2.19. The van der Waals surface area contributed by atoms with Gasteiger partial charge in [0.25, 0.3) is 0 Å². The number of hydrogen-bond acceptors (Lipinski definition) is 1. The number of hydrogen-bond donors (Lipinski definition) is 0. The first-order chi connectivity index (χ1) is 7.34. The Balaban J connectivity index is 1.97. The average molecular weight is 203 g/mol. The molecule has 80 valence electrons. The van der Waals surface area contributed by atoms with Crippen molar-refractivity contribution in [2.24, 2.45) is 12.0 Å². The Hall–Kier alpha value is -1.18. The highest BCUT2D eigenvalue weighted by atomic mass is 14.9. The molecular weight excluding hydrogens is 184 g/mol. The minimum atomic E-state index is 0.573. The minimum Gasteiger partial charge on any atom is -0.289 e. The Labute approximate surface area is 91.7 Å². The molecule has 0 spiro atoms. The molecule has 1 aromatic rings. The van der Waals surface area contributed by atoms with Gasteiger partial charge in [0, 0.05) is 18.3 Å². The van der Waals surface area contributed by atoms with Gasteiger partial charge in [-0.25, -0.2) is 4.57 Å². The van der Waals surface area contributed by atoms with E-state index in [-0.39, 0.29) is 0 Å². The summed E-state index contributed by atoms with van der Waals surface area (Å²) in [6, 6.07) is 4.73. The number of aryl methyl sites for hydroxylation is 1. The maximum absolute atomic E-state index is 4.66. The van der Waals surface area contributed by atoms with Crippen molar-refractivity contribution in [1.82, 2.24) is 0 Å². The topological polar surface area (TPSA) is 16.2 Å². The van der Waals surface area contributed by atoms with Crippen molar-refractivity contribution in [3.63, 3.8) is 0 Å². The summed E-state index contributed by atoms with van der Waals surface area (Å²) in [5.41, 5.74) is 1.20. The molecule has 0 unspecified atom stereocenters. The molecule has 1 saturated carbocycles. The van der Waals surface area contributed by atoms with E-state index < -0.39 is 0 Å². The van der Waals surface area contributed by atoms with E-state index in [0.717, 1.165) is 0 Å². The van der Waals surface area contributed by atoms with Crippen molar-refractivity contribution in [1.29, 1.82) is 0 Å². The lowest BCUT2D eigenvalue weighted by molar-refractivity contribution is -0.671. The van der Waals surface area contributed by atoms with Crippen molar-refractivity contribution < 1.29 is 4.57 Å². The Kier molecular flexibility index (Phi) is 3.49. The number of pyridine rings is 1. The highest BCUT2D eigenvalue weighted by Gasteiger charge is 2.10. The van der Waals surface area contributed by atoms with Crippen LogP contribution in [-0.4, -0.2) is 12.3 Å². The molecule has 1 aliphatic carbocycles. The number of aromatic nitrogens is 1. The maximum atomic E-state index is 4.66. The van der Waals surface area contributed by atoms with Gasteiger partial charge in [0.15, 0.2) is 12.4 Å². The molecule has 2 nitrogen and oxygen atoms in total. The molecular formula is C13H19N2+. The molecule has 15 heavy (non-hydrogen) atoms. The monoisotopic (exact) mass is 203 g/mol. The summed E-state index contributed by atoms with van der Waals surface area (Å²) in [5, 5.41) is 0. The van der Waals surface area contributed by atoms with Crippen molar-refractivity contribution in [2.45, 2.75) is 38.1 Å². The first kappa shape index (κ1) is 10.3. The fourth-order valence-electron chi connectivity index (χ4n) is 2.11. The smallest absolute Gasteiger partial charge is 0.177 e. The lowest BCUT2D eigenvalue weighted by Crippen LogP contribution is -2.26. The van der Waals surface area contributed by atoms with E-state index in [2.05, 4.69) is 27.9 Å². The lowest BCUT2D eigenvalue weighted by atomic mass is 9.96. The summed E-state index contributed by atoms with van der Waals surface area (Å²) >= 11 is 0. The predicted molar refractivity (Wildman–Crippen MR) is 62.1 cm³/mol. The Bertz CT molecular complexity index is 338. The van der Waals surface area contributed by atoms with E-state index in [4.69, 9.17) is 0 Å². The summed E-state index contributed by atoms with van der Waals surface area (Å²) in [5.74, 6) is 0. The normalized spacial score (nSPS) is 18.5. The van der Waals surface area contributed by atoms with Gasteiger partial charge < -0.3 is 0 Å². The number of nitrogens with zero attached hydrogens (tertiary/aromatic N) is 2. The zero-order valence-electron chi connectivity index (χ0n) is 9.39. The molecule has 1 heterocycles. The second-order valence-corrected chi connectivity index (χ2v) is 4.37. The molecule has 0 amide bonds. The first-order valence-electron chi connectivity index (χ1n) is 5.83. The van der Waals surface area contributed by atoms with Gasteiger partial charge in [0.1, 0.15) is 7.05 Å². The Morgan fingerprint density at radius 2 is 2.13 bits per heavy atom. The van der Waals surface area contributed by atoms with Crippen LogP contribution < -0.4 is 4.57 Å². The molecule has 0 aromatic carbocycles. The molecule has 0 atom stereocenters. The number of aliphatic imine (C=N–C) groups is 1. The molecule has 0 bridgehead atoms. The highest BCUT2D eigenvalue weighted by molar-refractivity contribution is 5.78. The van der Waals surface area contributed by atoms with Crippen molar-refractivity contribution >= 4 is 6.21 Å². The van der Waals surface area contributed by atoms with Crippen LogP contribution in [0.15, 0.2) is 29.5 Å². The van der Waals surface area contributed by atoms with Crippen LogP contribution in [0.4, 0.5) is 0 Å². The van der Waals surface area contributed by atoms with E-state index in [0.29, 0.717) is 6.04 Å². The fraction of sp³-hybridized carbons (Fsp3) is 0.538. The molecule has 0 N–H and O–H groups in total. The van der Waals surface area contributed by atoms with Crippen LogP contribution in [0.3, 0.4) is 0 Å². The van der Waals surface area contributed by atoms with E-state index >= 15 is 0 Å². The standard InChI is InChI=1S/C13H19N2/c1-15-9-5-6-12(11-15)10-14-13-7-3-2-4-8-13/h5-6,9-11,13H,2-4,7-8H2,1H3/q+1. The zero-order chi connectivity index (χ0) is 10.5. The van der Waals surface area contributed by atoms with Gasteiger partial charge >= 0.3 is 0 Å². The summed E-state index contributed by atoms with van der Waals surface area (Å²) in [7, 11) is 2.04. The van der Waals surface area contributed by atoms with Crippen LogP contribution in [0, 0.1) is 0 Å². The summed E-state index contributed by atoms with van der Waals surface area (Å²) in [4.78, 5) is 4.66. The molecule has 0 radical (unpaired) electrons. The zero-order valence-corrected chi connectivity index (χ0v) is 9.39. The third kappa shape index (κ3) is 3.15. The third-order valence-electron chi connectivity index (χ3n) is 2.97. The number of rotatable bonds is 2. The molecule has 0 aliphatic heterocycles. The molecule has 1 aliphatic rings. The van der Waals surface area contributed by atoms with Crippen LogP contribution in [0.1, 0.15) is 37.7 Å². The molecule has 1 aromatic heterocycles. The lowest BCUT2D eigenvalue weighted by Gasteiger charge is -2.16. The second kappa shape index (κ2) is 5.06. The van der Waals surface area contributed by atoms with E-state index in [1.54, 1.807) is 0 Å². The van der Waals surface area contributed by atoms with Gasteiger partial charge in [-0.15, -0.1) is 0 Å². The third-order valence-corrected chi connectivity index (χ3v) is 2.97. The van der Waals surface area contributed by atoms with E-state index in [1.165, 1.54) is 37.7 Å². The van der Waals surface area contributed by atoms with Gasteiger partial charge in [-0.05, 0) is 18.9 Å². The summed E-state index contributed by atoms with van der Waals surface area (Å²) in [6.45, 7) is 0. The van der Waals surface area contributed by atoms with Crippen LogP contribution in [0.5, 0.6) is 0 Å². The van der Waals surface area contributed by atoms with Crippen LogP contribution in [0.2, 0.25) is 0 Å². The van der Waals surface area contributed by atoms with Crippen molar-refractivity contribution in [3.8, 4) is 0 Å². The van der Waals surface area contributed by atoms with Crippen LogP contribution in [0.25, 0.3) is 0 Å². The molecule has 2 heteroatoms. The second-order valence-electron chi connectivity index (χ2n) is 4.37. The first-order valence-corrected chi connectivity index (χ1v) is 5.83. The molecule has 1 fully saturated rings. The van der Waals surface area contributed by atoms with Gasteiger partial charge in [-0.3, -0.25) is 4.99 Å². The van der Waals surface area contributed by atoms with Gasteiger partial charge in [-0.2, -0.15) is 0 Å². The summed E-state index contributed by atoms with van der Waals surface area (Å²) < 4.78 is 2.06. The van der Waals surface area contributed by atoms with E-state index in [1.807, 2.05) is 19.5 Å². The van der Waals surface area contributed by atoms with Gasteiger partial charge in [-0.1, -0.05) is 19.3 Å². The molecule has 0 saturated heterocycles. The Morgan fingerprint density at radius 1 is 1.33 bits per heavy atom. The maximum Gasteiger partial charge on any atom is 0.177 e. The fourth-order valence-corrected chi connectivity index (χ4v) is 2.11. The Morgan fingerprint density at radius 3 is 2.87 bits per heavy atom. The SMILES string of the molecule is C[n+]1cccc(C=NC2CCCCC2)c1. The largest absolute Gasteiger partial charge is 0.289 e. The van der Waals surface area contributed by atoms with Crippen molar-refractivity contribution in [2.75, 3.05) is 0 Å². The van der Waals surface area contributed by atoms with Crippen molar-refractivity contribution in [3.05, 3.63) is 30.1 Å². The summed E-state index contributed by atoms with van der Waals surface area (Å²) in [6.07, 6.45) is 12.8. The minimum absolute atomic E-state index is 0.573. The molecule has 2 rings (SSSR count). The quantitative estimate of drug-likeness (QED) is 0.518. The van der Waals surface area contributed by atoms with Crippen LogP contribution >= 0.6 is 0 Å². The van der Waals surface area contributed by atoms with Crippen LogP contribution in [-0.2, 0) is 7.05 Å². The van der Waals surface area contributed by atoms with E-state index in [9.17, 15) is 0 Å². The van der Waals surface area contributed by atoms with Gasteiger partial charge in [0.05, 0.1) is 5.56 Å². The van der Waals surface area contributed by atoms with Gasteiger partial charge in [0.2, 0.25) is 0 Å². The average Bonchev–Trinajstić information content (AvgIpc) is 2.28. The predicted octanol–water partition coefficient (Wildman–Crippen LogP) is 2.26.